The molecule has 1 heteroatoms. The molecule has 2 aliphatic carbocycles. The Labute approximate surface area is 124 Å². The second-order valence-electron chi connectivity index (χ2n) is 7.42. The topological polar surface area (TPSA) is 12.0 Å². The fraction of sp³-hybridized carbons (Fsp3) is 0.684. The molecule has 0 radical (unpaired) electrons. The maximum Gasteiger partial charge on any atom is 0.00884 e. The van der Waals surface area contributed by atoms with Gasteiger partial charge in [0.15, 0.2) is 0 Å². The zero-order valence-corrected chi connectivity index (χ0v) is 13.4. The van der Waals surface area contributed by atoms with E-state index in [9.17, 15) is 0 Å². The Morgan fingerprint density at radius 1 is 1.05 bits per heavy atom. The molecule has 0 heterocycles. The van der Waals surface area contributed by atoms with Crippen LogP contribution in [-0.2, 0) is 5.41 Å². The van der Waals surface area contributed by atoms with Crippen molar-refractivity contribution in [1.82, 2.24) is 5.32 Å². The van der Waals surface area contributed by atoms with Gasteiger partial charge in [0.05, 0.1) is 0 Å². The summed E-state index contributed by atoms with van der Waals surface area (Å²) in [5.41, 5.74) is 5.57. The van der Waals surface area contributed by atoms with E-state index in [1.54, 1.807) is 5.56 Å². The predicted octanol–water partition coefficient (Wildman–Crippen LogP) is 4.50. The van der Waals surface area contributed by atoms with Crippen molar-refractivity contribution in [3.05, 3.63) is 34.9 Å². The van der Waals surface area contributed by atoms with Gasteiger partial charge < -0.3 is 5.32 Å². The van der Waals surface area contributed by atoms with Crippen molar-refractivity contribution in [2.75, 3.05) is 13.1 Å². The predicted molar refractivity (Wildman–Crippen MR) is 86.3 cm³/mol. The van der Waals surface area contributed by atoms with Crippen LogP contribution in [0.2, 0.25) is 0 Å². The molecule has 2 fully saturated rings. The number of benzene rings is 1. The van der Waals surface area contributed by atoms with Gasteiger partial charge in [0.1, 0.15) is 0 Å². The fourth-order valence-electron chi connectivity index (χ4n) is 4.73. The van der Waals surface area contributed by atoms with Crippen LogP contribution < -0.4 is 5.32 Å². The van der Waals surface area contributed by atoms with Crippen molar-refractivity contribution >= 4 is 0 Å². The third kappa shape index (κ3) is 2.30. The highest BCUT2D eigenvalue weighted by molar-refractivity contribution is 5.38. The maximum absolute atomic E-state index is 3.63. The Hall–Kier alpha value is -0.820. The molecule has 1 aromatic rings. The first-order chi connectivity index (χ1) is 9.59. The number of hydrogen-bond acceptors (Lipinski definition) is 1. The Morgan fingerprint density at radius 2 is 1.75 bits per heavy atom. The molecule has 1 aromatic carbocycles. The lowest BCUT2D eigenvalue weighted by molar-refractivity contribution is 0.0273. The van der Waals surface area contributed by atoms with Gasteiger partial charge in [-0.25, -0.2) is 0 Å². The first kappa shape index (κ1) is 14.1. The fourth-order valence-corrected chi connectivity index (χ4v) is 4.73. The second-order valence-corrected chi connectivity index (χ2v) is 7.42. The molecule has 2 saturated carbocycles. The minimum absolute atomic E-state index is 0.415. The third-order valence-electron chi connectivity index (χ3n) is 5.92. The highest BCUT2D eigenvalue weighted by Gasteiger charge is 2.55. The largest absolute Gasteiger partial charge is 0.316 e. The van der Waals surface area contributed by atoms with E-state index in [-0.39, 0.29) is 0 Å². The van der Waals surface area contributed by atoms with Gasteiger partial charge in [0.2, 0.25) is 0 Å². The Balaban J connectivity index is 1.85. The molecule has 20 heavy (non-hydrogen) atoms. The second kappa shape index (κ2) is 5.18. The molecule has 0 unspecified atom stereocenters. The summed E-state index contributed by atoms with van der Waals surface area (Å²) >= 11 is 0. The number of nitrogens with one attached hydrogen (secondary N) is 1. The number of hydrogen-bond donors (Lipinski definition) is 1. The van der Waals surface area contributed by atoms with Gasteiger partial charge in [0.25, 0.3) is 0 Å². The normalized spacial score (nSPS) is 22.9. The van der Waals surface area contributed by atoms with Gasteiger partial charge in [-0.05, 0) is 68.2 Å². The Morgan fingerprint density at radius 3 is 2.35 bits per heavy atom. The van der Waals surface area contributed by atoms with Crippen LogP contribution in [0.3, 0.4) is 0 Å². The molecular formula is C19H29N. The van der Waals surface area contributed by atoms with E-state index in [4.69, 9.17) is 0 Å². The molecular weight excluding hydrogens is 242 g/mol. The molecule has 1 N–H and O–H groups in total. The van der Waals surface area contributed by atoms with Crippen molar-refractivity contribution in [3.63, 3.8) is 0 Å². The molecule has 0 aromatic heterocycles. The molecule has 110 valence electrons. The van der Waals surface area contributed by atoms with E-state index in [1.165, 1.54) is 49.7 Å². The van der Waals surface area contributed by atoms with Crippen molar-refractivity contribution in [2.45, 2.75) is 64.7 Å². The lowest BCUT2D eigenvalue weighted by Gasteiger charge is -2.56. The third-order valence-corrected chi connectivity index (χ3v) is 5.92. The molecule has 0 bridgehead atoms. The zero-order chi connectivity index (χ0) is 14.2. The smallest absolute Gasteiger partial charge is 0.00884 e. The SMILES string of the molecule is CCNCC1(c2ccc(C)c(C)c2)CC2(CCCC2)C1. The van der Waals surface area contributed by atoms with E-state index >= 15 is 0 Å². The van der Waals surface area contributed by atoms with E-state index in [0.717, 1.165) is 13.1 Å². The van der Waals surface area contributed by atoms with Gasteiger partial charge >= 0.3 is 0 Å². The van der Waals surface area contributed by atoms with E-state index < -0.39 is 0 Å². The Kier molecular flexibility index (Phi) is 3.66. The van der Waals surface area contributed by atoms with Crippen LogP contribution in [0, 0.1) is 19.3 Å². The minimum atomic E-state index is 0.415. The molecule has 0 aliphatic heterocycles. The monoisotopic (exact) mass is 271 g/mol. The first-order valence-electron chi connectivity index (χ1n) is 8.38. The summed E-state index contributed by atoms with van der Waals surface area (Å²) in [7, 11) is 0. The van der Waals surface area contributed by atoms with Gasteiger partial charge in [-0.1, -0.05) is 38.0 Å². The highest BCUT2D eigenvalue weighted by atomic mass is 14.9. The molecule has 1 spiro atoms. The molecule has 2 aliphatic rings. The summed E-state index contributed by atoms with van der Waals surface area (Å²) in [6.45, 7) is 8.94. The van der Waals surface area contributed by atoms with Gasteiger partial charge in [-0.15, -0.1) is 0 Å². The molecule has 0 atom stereocenters. The molecule has 0 amide bonds. The van der Waals surface area contributed by atoms with Crippen molar-refractivity contribution < 1.29 is 0 Å². The number of rotatable bonds is 4. The summed E-state index contributed by atoms with van der Waals surface area (Å²) in [5, 5.41) is 3.63. The zero-order valence-electron chi connectivity index (χ0n) is 13.4. The highest BCUT2D eigenvalue weighted by Crippen LogP contribution is 2.62. The van der Waals surface area contributed by atoms with Crippen molar-refractivity contribution in [2.24, 2.45) is 5.41 Å². The van der Waals surface area contributed by atoms with E-state index in [2.05, 4.69) is 44.3 Å². The summed E-state index contributed by atoms with van der Waals surface area (Å²) in [4.78, 5) is 0. The summed E-state index contributed by atoms with van der Waals surface area (Å²) in [6, 6.07) is 7.16. The summed E-state index contributed by atoms with van der Waals surface area (Å²) in [6.07, 6.45) is 8.71. The maximum atomic E-state index is 3.63. The lowest BCUT2D eigenvalue weighted by atomic mass is 9.49. The van der Waals surface area contributed by atoms with Crippen LogP contribution in [0.25, 0.3) is 0 Å². The van der Waals surface area contributed by atoms with Crippen LogP contribution in [-0.4, -0.2) is 13.1 Å². The van der Waals surface area contributed by atoms with Crippen LogP contribution in [0.5, 0.6) is 0 Å². The van der Waals surface area contributed by atoms with E-state index in [1.807, 2.05) is 0 Å². The minimum Gasteiger partial charge on any atom is -0.316 e. The van der Waals surface area contributed by atoms with Crippen molar-refractivity contribution in [1.29, 1.82) is 0 Å². The van der Waals surface area contributed by atoms with Gasteiger partial charge in [-0.3, -0.25) is 0 Å². The van der Waals surface area contributed by atoms with Crippen molar-refractivity contribution in [3.8, 4) is 0 Å². The van der Waals surface area contributed by atoms with Crippen LogP contribution >= 0.6 is 0 Å². The van der Waals surface area contributed by atoms with Gasteiger partial charge in [-0.2, -0.15) is 0 Å². The van der Waals surface area contributed by atoms with E-state index in [0.29, 0.717) is 10.8 Å². The summed E-state index contributed by atoms with van der Waals surface area (Å²) < 4.78 is 0. The summed E-state index contributed by atoms with van der Waals surface area (Å²) in [5.74, 6) is 0. The molecule has 1 nitrogen and oxygen atoms in total. The number of likely N-dealkylation sites (N-methyl/N-ethyl adjacent to an activating group) is 1. The van der Waals surface area contributed by atoms with Crippen LogP contribution in [0.1, 0.15) is 62.1 Å². The first-order valence-corrected chi connectivity index (χ1v) is 8.38. The molecule has 3 rings (SSSR count). The lowest BCUT2D eigenvalue weighted by Crippen LogP contribution is -2.53. The van der Waals surface area contributed by atoms with Gasteiger partial charge in [0, 0.05) is 12.0 Å². The molecule has 0 saturated heterocycles. The van der Waals surface area contributed by atoms with Crippen LogP contribution in [0.4, 0.5) is 0 Å². The average molecular weight is 271 g/mol. The van der Waals surface area contributed by atoms with Crippen LogP contribution in [0.15, 0.2) is 18.2 Å². The quantitative estimate of drug-likeness (QED) is 0.850. The Bertz CT molecular complexity index is 475. The standard InChI is InChI=1S/C19H29N/c1-4-20-14-19(12-18(13-19)9-5-6-10-18)17-8-7-15(2)16(3)11-17/h7-8,11,20H,4-6,9-10,12-14H2,1-3H3. The number of aryl methyl sites for hydroxylation is 2. The average Bonchev–Trinajstić information content (AvgIpc) is 2.87.